The number of carbonyl (C=O) groups excluding carboxylic acids is 1. The minimum absolute atomic E-state index is 0.150. The molecule has 2 atom stereocenters. The number of morpholine rings is 2. The number of hydrogen-bond acceptors (Lipinski definition) is 7. The van der Waals surface area contributed by atoms with E-state index >= 15 is 0 Å². The fraction of sp³-hybridized carbons (Fsp3) is 0.536. The van der Waals surface area contributed by atoms with Crippen LogP contribution in [-0.4, -0.2) is 86.4 Å². The van der Waals surface area contributed by atoms with Crippen LogP contribution in [0, 0.1) is 0 Å². The predicted molar refractivity (Wildman–Crippen MR) is 138 cm³/mol. The second-order valence-electron chi connectivity index (χ2n) is 9.75. The van der Waals surface area contributed by atoms with E-state index in [4.69, 9.17) is 15.2 Å². The van der Waals surface area contributed by atoms with Crippen molar-refractivity contribution >= 4 is 5.78 Å². The third-order valence-electron chi connectivity index (χ3n) is 7.63. The molecule has 2 aromatic rings. The topological polar surface area (TPSA) is 71.3 Å². The molecule has 2 heterocycles. The Balaban J connectivity index is 1.55. The lowest BCUT2D eigenvalue weighted by Crippen LogP contribution is -2.54. The van der Waals surface area contributed by atoms with E-state index in [9.17, 15) is 4.79 Å². The van der Waals surface area contributed by atoms with Gasteiger partial charge in [-0.15, -0.1) is 0 Å². The molecule has 190 valence electrons. The quantitative estimate of drug-likeness (QED) is 0.554. The predicted octanol–water partition coefficient (Wildman–Crippen LogP) is 2.90. The summed E-state index contributed by atoms with van der Waals surface area (Å²) in [6.07, 6.45) is 1.38. The molecular weight excluding hydrogens is 440 g/mol. The van der Waals surface area contributed by atoms with Crippen LogP contribution >= 0.6 is 0 Å². The molecule has 0 radical (unpaired) electrons. The van der Waals surface area contributed by atoms with Gasteiger partial charge in [0.1, 0.15) is 0 Å². The molecule has 35 heavy (non-hydrogen) atoms. The molecule has 0 saturated carbocycles. The average Bonchev–Trinajstić information content (AvgIpc) is 2.92. The summed E-state index contributed by atoms with van der Waals surface area (Å²) in [7, 11) is 4.01. The normalized spacial score (nSPS) is 21.7. The van der Waals surface area contributed by atoms with Gasteiger partial charge in [0.25, 0.3) is 0 Å². The van der Waals surface area contributed by atoms with Gasteiger partial charge >= 0.3 is 0 Å². The first kappa shape index (κ1) is 25.9. The highest BCUT2D eigenvalue weighted by Crippen LogP contribution is 2.30. The minimum atomic E-state index is -0.612. The van der Waals surface area contributed by atoms with Crippen molar-refractivity contribution in [3.05, 3.63) is 70.8 Å². The second-order valence-corrected chi connectivity index (χ2v) is 9.75. The van der Waals surface area contributed by atoms with Crippen LogP contribution in [0.1, 0.15) is 46.4 Å². The van der Waals surface area contributed by atoms with Crippen molar-refractivity contribution in [3.8, 4) is 0 Å². The van der Waals surface area contributed by atoms with Crippen molar-refractivity contribution in [1.82, 2.24) is 14.9 Å². The van der Waals surface area contributed by atoms with Crippen molar-refractivity contribution in [1.29, 1.82) is 0 Å². The molecule has 0 amide bonds. The van der Waals surface area contributed by atoms with Crippen molar-refractivity contribution in [3.63, 3.8) is 0 Å². The zero-order chi connectivity index (χ0) is 24.8. The number of likely N-dealkylation sites (N-methyl/N-ethyl adjacent to an activating group) is 1. The van der Waals surface area contributed by atoms with Gasteiger partial charge in [0.15, 0.2) is 5.78 Å². The van der Waals surface area contributed by atoms with Crippen LogP contribution in [-0.2, 0) is 22.4 Å². The number of hydrogen-bond donors (Lipinski definition) is 1. The third kappa shape index (κ3) is 5.66. The van der Waals surface area contributed by atoms with Crippen LogP contribution in [0.2, 0.25) is 0 Å². The van der Waals surface area contributed by atoms with Crippen LogP contribution in [0.5, 0.6) is 0 Å². The zero-order valence-electron chi connectivity index (χ0n) is 21.4. The van der Waals surface area contributed by atoms with E-state index in [1.807, 2.05) is 26.2 Å². The first-order chi connectivity index (χ1) is 17.0. The molecule has 2 aliphatic heterocycles. The molecule has 7 nitrogen and oxygen atoms in total. The first-order valence-electron chi connectivity index (χ1n) is 12.8. The van der Waals surface area contributed by atoms with Crippen molar-refractivity contribution in [2.75, 3.05) is 60.2 Å². The lowest BCUT2D eigenvalue weighted by molar-refractivity contribution is -0.159. The van der Waals surface area contributed by atoms with Gasteiger partial charge in [-0.25, -0.2) is 10.0 Å². The molecule has 2 N–H and O–H groups in total. The van der Waals surface area contributed by atoms with Crippen LogP contribution in [0.25, 0.3) is 0 Å². The number of ketones is 1. The molecule has 0 aliphatic carbocycles. The summed E-state index contributed by atoms with van der Waals surface area (Å²) in [5.74, 6) is 0.157. The summed E-state index contributed by atoms with van der Waals surface area (Å²) in [5.41, 5.74) is 9.31. The molecule has 2 aromatic carbocycles. The van der Waals surface area contributed by atoms with E-state index in [-0.39, 0.29) is 11.8 Å². The van der Waals surface area contributed by atoms with Gasteiger partial charge in [-0.05, 0) is 43.6 Å². The Kier molecular flexibility index (Phi) is 8.70. The van der Waals surface area contributed by atoms with Crippen LogP contribution < -0.4 is 5.73 Å². The number of Topliss-reactive ketones (excluding diaryl/α,β-unsaturated/α-hetero) is 1. The van der Waals surface area contributed by atoms with Gasteiger partial charge in [-0.1, -0.05) is 55.5 Å². The van der Waals surface area contributed by atoms with Crippen LogP contribution in [0.3, 0.4) is 0 Å². The average molecular weight is 481 g/mol. The van der Waals surface area contributed by atoms with Crippen molar-refractivity contribution < 1.29 is 14.3 Å². The van der Waals surface area contributed by atoms with Crippen LogP contribution in [0.15, 0.2) is 48.5 Å². The maximum atomic E-state index is 13.9. The van der Waals surface area contributed by atoms with E-state index in [1.165, 1.54) is 5.56 Å². The Labute approximate surface area is 209 Å². The number of hydrazine groups is 1. The monoisotopic (exact) mass is 480 g/mol. The highest BCUT2D eigenvalue weighted by atomic mass is 16.5. The van der Waals surface area contributed by atoms with Gasteiger partial charge in [0.05, 0.1) is 38.0 Å². The molecule has 0 aromatic heterocycles. The largest absolute Gasteiger partial charge is 0.379 e. The van der Waals surface area contributed by atoms with Crippen molar-refractivity contribution in [2.45, 2.75) is 37.9 Å². The van der Waals surface area contributed by atoms with Crippen molar-refractivity contribution in [2.24, 2.45) is 5.73 Å². The molecule has 0 spiro atoms. The van der Waals surface area contributed by atoms with Gasteiger partial charge < -0.3 is 15.2 Å². The number of nitrogens with zero attached hydrogens (tertiary/aromatic N) is 3. The van der Waals surface area contributed by atoms with E-state index in [0.717, 1.165) is 62.6 Å². The Morgan fingerprint density at radius 2 is 1.60 bits per heavy atom. The number of ether oxygens (including phenoxy) is 2. The Morgan fingerprint density at radius 1 is 0.971 bits per heavy atom. The second kappa shape index (κ2) is 11.7. The number of nitrogens with two attached hydrogens (primary N) is 1. The van der Waals surface area contributed by atoms with Gasteiger partial charge in [-0.3, -0.25) is 9.69 Å². The smallest absolute Gasteiger partial charge is 0.183 e. The Bertz CT molecular complexity index is 957. The Hall–Kier alpha value is -2.13. The lowest BCUT2D eigenvalue weighted by Gasteiger charge is -2.44. The molecule has 2 saturated heterocycles. The number of benzene rings is 2. The standard InChI is InChI=1S/C28H40N4O3/c1-4-28(30(2)3,19-22-5-7-23(20-29)8-6-22)27(33)25-11-9-24(10-12-25)26-21-35-18-15-32(26)31-13-16-34-17-14-31/h5-12,26H,4,13-21,29H2,1-3H3. The van der Waals surface area contributed by atoms with E-state index in [0.29, 0.717) is 19.6 Å². The summed E-state index contributed by atoms with van der Waals surface area (Å²) < 4.78 is 11.4. The van der Waals surface area contributed by atoms with Gasteiger partial charge in [0, 0.05) is 31.7 Å². The van der Waals surface area contributed by atoms with E-state index < -0.39 is 5.54 Å². The first-order valence-corrected chi connectivity index (χ1v) is 12.8. The molecule has 4 rings (SSSR count). The minimum Gasteiger partial charge on any atom is -0.379 e. The van der Waals surface area contributed by atoms with E-state index in [2.05, 4.69) is 58.2 Å². The molecule has 2 unspecified atom stereocenters. The summed E-state index contributed by atoms with van der Waals surface area (Å²) in [4.78, 5) is 16.0. The fourth-order valence-electron chi connectivity index (χ4n) is 5.31. The third-order valence-corrected chi connectivity index (χ3v) is 7.63. The maximum Gasteiger partial charge on any atom is 0.183 e. The molecule has 7 heteroatoms. The molecule has 0 bridgehead atoms. The Morgan fingerprint density at radius 3 is 2.20 bits per heavy atom. The summed E-state index contributed by atoms with van der Waals surface area (Å²) in [5, 5.41) is 4.81. The number of carbonyl (C=O) groups is 1. The summed E-state index contributed by atoms with van der Waals surface area (Å²) >= 11 is 0. The summed E-state index contributed by atoms with van der Waals surface area (Å²) in [6, 6.07) is 16.6. The molecule has 2 aliphatic rings. The lowest BCUT2D eigenvalue weighted by atomic mass is 9.80. The molecular formula is C28H40N4O3. The maximum absolute atomic E-state index is 13.9. The fourth-order valence-corrected chi connectivity index (χ4v) is 5.31. The van der Waals surface area contributed by atoms with Gasteiger partial charge in [-0.2, -0.15) is 0 Å². The van der Waals surface area contributed by atoms with Gasteiger partial charge in [0.2, 0.25) is 0 Å². The highest BCUT2D eigenvalue weighted by molar-refractivity contribution is 6.03. The van der Waals surface area contributed by atoms with Crippen LogP contribution in [0.4, 0.5) is 0 Å². The number of rotatable bonds is 9. The highest BCUT2D eigenvalue weighted by Gasteiger charge is 2.39. The molecule has 2 fully saturated rings. The summed E-state index contributed by atoms with van der Waals surface area (Å²) in [6.45, 7) is 8.20. The van der Waals surface area contributed by atoms with E-state index in [1.54, 1.807) is 0 Å². The zero-order valence-corrected chi connectivity index (χ0v) is 21.4. The SMILES string of the molecule is CCC(Cc1ccc(CN)cc1)(C(=O)c1ccc(C2COCCN2N2CCOCC2)cc1)N(C)C.